The van der Waals surface area contributed by atoms with E-state index in [1.807, 2.05) is 0 Å². The summed E-state index contributed by atoms with van der Waals surface area (Å²) in [5, 5.41) is 11.6. The molecule has 36 heavy (non-hydrogen) atoms. The molecule has 2 saturated heterocycles. The van der Waals surface area contributed by atoms with Crippen LogP contribution in [0.3, 0.4) is 0 Å². The third-order valence-corrected chi connectivity index (χ3v) is 6.74. The standard InChI is InChI=1S/C26H29ClN2O7/c1-33-19-6-5-17(14-18(19)27)24(30)22-23(16-4-7-20(34-2)21(15-16)35-3)29(26(32)25(22)31)9-8-28-10-12-36-13-11-28/h4-7,14-15,23,30H,8-13H2,1-3H3/b24-22+/t23-/m0/s1. The van der Waals surface area contributed by atoms with Gasteiger partial charge in [0.05, 0.1) is 51.2 Å². The van der Waals surface area contributed by atoms with Crippen LogP contribution < -0.4 is 14.2 Å². The fraction of sp³-hybridized carbons (Fsp3) is 0.385. The molecule has 2 aromatic carbocycles. The number of methoxy groups -OCH3 is 3. The predicted octanol–water partition coefficient (Wildman–Crippen LogP) is 3.12. The van der Waals surface area contributed by atoms with E-state index in [9.17, 15) is 14.7 Å². The van der Waals surface area contributed by atoms with Gasteiger partial charge in [-0.15, -0.1) is 0 Å². The molecule has 0 saturated carbocycles. The summed E-state index contributed by atoms with van der Waals surface area (Å²) in [4.78, 5) is 30.2. The lowest BCUT2D eigenvalue weighted by atomic mass is 9.95. The molecule has 0 radical (unpaired) electrons. The second kappa shape index (κ2) is 11.2. The summed E-state index contributed by atoms with van der Waals surface area (Å²) in [6.07, 6.45) is 0. The molecule has 192 valence electrons. The van der Waals surface area contributed by atoms with Crippen LogP contribution in [0.4, 0.5) is 0 Å². The molecule has 4 rings (SSSR count). The maximum Gasteiger partial charge on any atom is 0.295 e. The number of nitrogens with zero attached hydrogens (tertiary/aromatic N) is 2. The molecular formula is C26H29ClN2O7. The molecule has 1 amide bonds. The Labute approximate surface area is 214 Å². The van der Waals surface area contributed by atoms with Crippen molar-refractivity contribution in [3.05, 3.63) is 58.1 Å². The SMILES string of the molecule is COc1ccc(/C(O)=C2\C(=O)C(=O)N(CCN3CCOCC3)[C@H]2c2ccc(OC)c(OC)c2)cc1Cl. The van der Waals surface area contributed by atoms with Gasteiger partial charge in [-0.2, -0.15) is 0 Å². The van der Waals surface area contributed by atoms with Crippen LogP contribution in [0.15, 0.2) is 42.0 Å². The number of hydrogen-bond acceptors (Lipinski definition) is 8. The fourth-order valence-electron chi connectivity index (χ4n) is 4.52. The zero-order valence-corrected chi connectivity index (χ0v) is 21.2. The Hall–Kier alpha value is -3.27. The van der Waals surface area contributed by atoms with E-state index in [4.69, 9.17) is 30.5 Å². The molecule has 2 fully saturated rings. The first kappa shape index (κ1) is 25.8. The molecule has 2 aromatic rings. The molecule has 0 aliphatic carbocycles. The van der Waals surface area contributed by atoms with Crippen molar-refractivity contribution in [2.24, 2.45) is 0 Å². The van der Waals surface area contributed by atoms with E-state index in [0.717, 1.165) is 13.1 Å². The summed E-state index contributed by atoms with van der Waals surface area (Å²) in [7, 11) is 4.52. The monoisotopic (exact) mass is 516 g/mol. The van der Waals surface area contributed by atoms with Crippen LogP contribution in [0.25, 0.3) is 5.76 Å². The normalized spacial score (nSPS) is 20.0. The number of carbonyl (C=O) groups is 2. The third kappa shape index (κ3) is 5.00. The van der Waals surface area contributed by atoms with Crippen molar-refractivity contribution in [2.75, 3.05) is 60.7 Å². The predicted molar refractivity (Wildman–Crippen MR) is 134 cm³/mol. The molecular weight excluding hydrogens is 488 g/mol. The number of benzene rings is 2. The number of aliphatic hydroxyl groups is 1. The highest BCUT2D eigenvalue weighted by Gasteiger charge is 2.46. The molecule has 0 bridgehead atoms. The minimum Gasteiger partial charge on any atom is -0.507 e. The van der Waals surface area contributed by atoms with Crippen molar-refractivity contribution in [1.82, 2.24) is 9.80 Å². The Balaban J connectivity index is 1.79. The van der Waals surface area contributed by atoms with Crippen molar-refractivity contribution < 1.29 is 33.6 Å². The topological polar surface area (TPSA) is 97.8 Å². The van der Waals surface area contributed by atoms with Crippen molar-refractivity contribution in [3.63, 3.8) is 0 Å². The first-order chi connectivity index (χ1) is 17.4. The number of likely N-dealkylation sites (tertiary alicyclic amines) is 1. The van der Waals surface area contributed by atoms with Crippen LogP contribution in [-0.2, 0) is 14.3 Å². The van der Waals surface area contributed by atoms with Crippen molar-refractivity contribution in [2.45, 2.75) is 6.04 Å². The van der Waals surface area contributed by atoms with E-state index in [2.05, 4.69) is 4.90 Å². The number of hydrogen-bond donors (Lipinski definition) is 1. The molecule has 2 aliphatic rings. The Morgan fingerprint density at radius 3 is 2.28 bits per heavy atom. The average molecular weight is 517 g/mol. The lowest BCUT2D eigenvalue weighted by Gasteiger charge is -2.31. The van der Waals surface area contributed by atoms with Crippen molar-refractivity contribution in [3.8, 4) is 17.2 Å². The molecule has 9 nitrogen and oxygen atoms in total. The second-order valence-electron chi connectivity index (χ2n) is 8.41. The van der Waals surface area contributed by atoms with Gasteiger partial charge in [-0.25, -0.2) is 0 Å². The molecule has 2 aliphatic heterocycles. The van der Waals surface area contributed by atoms with E-state index >= 15 is 0 Å². The van der Waals surface area contributed by atoms with Gasteiger partial charge in [0.2, 0.25) is 0 Å². The van der Waals surface area contributed by atoms with E-state index in [1.54, 1.807) is 30.3 Å². The van der Waals surface area contributed by atoms with Crippen LogP contribution in [0.1, 0.15) is 17.2 Å². The molecule has 1 atom stereocenters. The van der Waals surface area contributed by atoms with Crippen molar-refractivity contribution in [1.29, 1.82) is 0 Å². The minimum absolute atomic E-state index is 0.0181. The maximum absolute atomic E-state index is 13.3. The lowest BCUT2D eigenvalue weighted by molar-refractivity contribution is -0.140. The Kier molecular flexibility index (Phi) is 8.03. The van der Waals surface area contributed by atoms with Gasteiger partial charge < -0.3 is 29.0 Å². The van der Waals surface area contributed by atoms with Crippen LogP contribution in [0.2, 0.25) is 5.02 Å². The van der Waals surface area contributed by atoms with Crippen molar-refractivity contribution >= 4 is 29.1 Å². The number of carbonyl (C=O) groups excluding carboxylic acids is 2. The molecule has 2 heterocycles. The van der Waals surface area contributed by atoms with E-state index in [0.29, 0.717) is 54.7 Å². The van der Waals surface area contributed by atoms with Gasteiger partial charge in [0.1, 0.15) is 11.5 Å². The molecule has 0 unspecified atom stereocenters. The quantitative estimate of drug-likeness (QED) is 0.325. The van der Waals surface area contributed by atoms with E-state index < -0.39 is 17.7 Å². The highest BCUT2D eigenvalue weighted by molar-refractivity contribution is 6.46. The Morgan fingerprint density at radius 1 is 0.972 bits per heavy atom. The second-order valence-corrected chi connectivity index (χ2v) is 8.82. The van der Waals surface area contributed by atoms with Gasteiger partial charge in [-0.1, -0.05) is 17.7 Å². The first-order valence-corrected chi connectivity index (χ1v) is 11.9. The molecule has 1 N–H and O–H groups in total. The van der Waals surface area contributed by atoms with Crippen LogP contribution in [-0.4, -0.2) is 87.3 Å². The number of halogens is 1. The number of ketones is 1. The van der Waals surface area contributed by atoms with Crippen LogP contribution in [0, 0.1) is 0 Å². The van der Waals surface area contributed by atoms with Gasteiger partial charge in [-0.05, 0) is 35.9 Å². The van der Waals surface area contributed by atoms with Gasteiger partial charge in [-0.3, -0.25) is 14.5 Å². The van der Waals surface area contributed by atoms with Gasteiger partial charge in [0, 0.05) is 31.7 Å². The summed E-state index contributed by atoms with van der Waals surface area (Å²) < 4.78 is 21.4. The molecule has 10 heteroatoms. The zero-order chi connectivity index (χ0) is 25.8. The van der Waals surface area contributed by atoms with Crippen LogP contribution >= 0.6 is 11.6 Å². The Bertz CT molecular complexity index is 1180. The van der Waals surface area contributed by atoms with Gasteiger partial charge >= 0.3 is 0 Å². The largest absolute Gasteiger partial charge is 0.507 e. The number of morpholine rings is 1. The van der Waals surface area contributed by atoms with Crippen LogP contribution in [0.5, 0.6) is 17.2 Å². The zero-order valence-electron chi connectivity index (χ0n) is 20.5. The number of Topliss-reactive ketones (excluding diaryl/α,β-unsaturated/α-hetero) is 1. The highest BCUT2D eigenvalue weighted by atomic mass is 35.5. The van der Waals surface area contributed by atoms with E-state index in [1.165, 1.54) is 32.3 Å². The lowest BCUT2D eigenvalue weighted by Crippen LogP contribution is -2.42. The summed E-state index contributed by atoms with van der Waals surface area (Å²) in [5.41, 5.74) is 0.892. The summed E-state index contributed by atoms with van der Waals surface area (Å²) >= 11 is 6.27. The minimum atomic E-state index is -0.827. The number of amides is 1. The summed E-state index contributed by atoms with van der Waals surface area (Å²) in [6, 6.07) is 9.04. The Morgan fingerprint density at radius 2 is 1.64 bits per heavy atom. The van der Waals surface area contributed by atoms with Gasteiger partial charge in [0.25, 0.3) is 11.7 Å². The molecule has 0 spiro atoms. The van der Waals surface area contributed by atoms with E-state index in [-0.39, 0.29) is 16.4 Å². The number of rotatable bonds is 8. The maximum atomic E-state index is 13.3. The fourth-order valence-corrected chi connectivity index (χ4v) is 4.78. The number of ether oxygens (including phenoxy) is 4. The highest BCUT2D eigenvalue weighted by Crippen LogP contribution is 2.42. The summed E-state index contributed by atoms with van der Waals surface area (Å²) in [6.45, 7) is 3.59. The smallest absolute Gasteiger partial charge is 0.295 e. The van der Waals surface area contributed by atoms with Gasteiger partial charge in [0.15, 0.2) is 11.5 Å². The molecule has 0 aromatic heterocycles. The first-order valence-electron chi connectivity index (χ1n) is 11.5. The summed E-state index contributed by atoms with van der Waals surface area (Å²) in [5.74, 6) is -0.373. The number of aliphatic hydroxyl groups excluding tert-OH is 1. The average Bonchev–Trinajstić information content (AvgIpc) is 3.16. The third-order valence-electron chi connectivity index (χ3n) is 6.45.